The van der Waals surface area contributed by atoms with Crippen LogP contribution in [-0.4, -0.2) is 22.5 Å². The first-order valence-corrected chi connectivity index (χ1v) is 5.93. The minimum Gasteiger partial charge on any atom is -0.460 e. The molecule has 0 atom stereocenters. The van der Waals surface area contributed by atoms with Crippen molar-refractivity contribution < 1.29 is 9.53 Å². The summed E-state index contributed by atoms with van der Waals surface area (Å²) in [6.45, 7) is 2.57. The number of hydrogen-bond donors (Lipinski definition) is 1. The van der Waals surface area contributed by atoms with Crippen molar-refractivity contribution in [1.29, 1.82) is 0 Å². The van der Waals surface area contributed by atoms with Gasteiger partial charge >= 0.3 is 5.97 Å². The van der Waals surface area contributed by atoms with Crippen LogP contribution in [0.2, 0.25) is 0 Å². The molecule has 1 aromatic carbocycles. The Morgan fingerprint density at radius 3 is 2.94 bits per heavy atom. The van der Waals surface area contributed by atoms with E-state index in [9.17, 15) is 4.79 Å². The topological polar surface area (TPSA) is 55.0 Å². The molecule has 0 aliphatic rings. The molecule has 1 N–H and O–H groups in total. The normalized spacial score (nSPS) is 10.6. The molecule has 4 heteroatoms. The van der Waals surface area contributed by atoms with Gasteiger partial charge in [0.1, 0.15) is 0 Å². The summed E-state index contributed by atoms with van der Waals surface area (Å²) in [6, 6.07) is 7.53. The van der Waals surface area contributed by atoms with Gasteiger partial charge in [-0.2, -0.15) is 0 Å². The summed E-state index contributed by atoms with van der Waals surface area (Å²) in [6.07, 6.45) is 3.10. The highest BCUT2D eigenvalue weighted by molar-refractivity contribution is 5.90. The average molecular weight is 232 g/mol. The van der Waals surface area contributed by atoms with Crippen LogP contribution in [0.3, 0.4) is 0 Å². The molecule has 0 spiro atoms. The van der Waals surface area contributed by atoms with Gasteiger partial charge in [-0.15, -0.1) is 0 Å². The fourth-order valence-corrected chi connectivity index (χ4v) is 1.63. The Kier molecular flexibility index (Phi) is 3.75. The molecule has 4 nitrogen and oxygen atoms in total. The molecule has 0 bridgehead atoms. The van der Waals surface area contributed by atoms with Gasteiger partial charge in [0.15, 0.2) is 0 Å². The number of ether oxygens (including phenoxy) is 1. The van der Waals surface area contributed by atoms with Gasteiger partial charge in [-0.3, -0.25) is 0 Å². The standard InChI is InChI=1S/C13H16N2O2/c1-2-3-6-9-17-13(16)12-14-10-7-4-5-8-11(10)15-12/h4-5,7-8H,2-3,6,9H2,1H3,(H,14,15). The molecule has 2 aromatic rings. The predicted octanol–water partition coefficient (Wildman–Crippen LogP) is 2.91. The first kappa shape index (κ1) is 11.6. The van der Waals surface area contributed by atoms with Gasteiger partial charge in [-0.25, -0.2) is 9.78 Å². The van der Waals surface area contributed by atoms with Gasteiger partial charge in [0.05, 0.1) is 17.6 Å². The van der Waals surface area contributed by atoms with E-state index >= 15 is 0 Å². The number of unbranched alkanes of at least 4 members (excludes halogenated alkanes) is 2. The van der Waals surface area contributed by atoms with Crippen molar-refractivity contribution in [3.8, 4) is 0 Å². The number of carbonyl (C=O) groups is 1. The molecule has 0 saturated carbocycles. The fourth-order valence-electron chi connectivity index (χ4n) is 1.63. The lowest BCUT2D eigenvalue weighted by molar-refractivity contribution is 0.0485. The molecule has 0 radical (unpaired) electrons. The maximum absolute atomic E-state index is 11.7. The number of aromatic nitrogens is 2. The van der Waals surface area contributed by atoms with Crippen LogP contribution in [0.1, 0.15) is 36.8 Å². The number of fused-ring (bicyclic) bond motifs is 1. The van der Waals surface area contributed by atoms with E-state index in [1.807, 2.05) is 24.3 Å². The van der Waals surface area contributed by atoms with Crippen molar-refractivity contribution in [2.75, 3.05) is 6.61 Å². The number of aromatic amines is 1. The van der Waals surface area contributed by atoms with Gasteiger partial charge in [-0.05, 0) is 18.6 Å². The second-order valence-electron chi connectivity index (χ2n) is 3.95. The van der Waals surface area contributed by atoms with E-state index in [2.05, 4.69) is 16.9 Å². The van der Waals surface area contributed by atoms with Crippen molar-refractivity contribution in [1.82, 2.24) is 9.97 Å². The van der Waals surface area contributed by atoms with Crippen LogP contribution >= 0.6 is 0 Å². The van der Waals surface area contributed by atoms with Gasteiger partial charge in [0.2, 0.25) is 5.82 Å². The molecule has 0 unspecified atom stereocenters. The summed E-state index contributed by atoms with van der Waals surface area (Å²) in [4.78, 5) is 18.8. The maximum atomic E-state index is 11.7. The number of nitrogens with one attached hydrogen (secondary N) is 1. The molecule has 90 valence electrons. The molecular formula is C13H16N2O2. The van der Waals surface area contributed by atoms with Crippen LogP contribution in [0.25, 0.3) is 11.0 Å². The van der Waals surface area contributed by atoms with Crippen molar-refractivity contribution in [2.45, 2.75) is 26.2 Å². The quantitative estimate of drug-likeness (QED) is 0.637. The van der Waals surface area contributed by atoms with Gasteiger partial charge < -0.3 is 9.72 Å². The van der Waals surface area contributed by atoms with Crippen molar-refractivity contribution in [3.63, 3.8) is 0 Å². The first-order valence-electron chi connectivity index (χ1n) is 5.93. The second kappa shape index (κ2) is 5.48. The molecule has 0 saturated heterocycles. The number of rotatable bonds is 5. The Balaban J connectivity index is 1.99. The van der Waals surface area contributed by atoms with E-state index < -0.39 is 0 Å². The highest BCUT2D eigenvalue weighted by atomic mass is 16.5. The molecule has 2 rings (SSSR count). The van der Waals surface area contributed by atoms with E-state index in [4.69, 9.17) is 4.74 Å². The molecule has 0 aliphatic heterocycles. The Morgan fingerprint density at radius 2 is 2.18 bits per heavy atom. The van der Waals surface area contributed by atoms with Gasteiger partial charge in [0, 0.05) is 0 Å². The molecule has 17 heavy (non-hydrogen) atoms. The molecule has 0 fully saturated rings. The summed E-state index contributed by atoms with van der Waals surface area (Å²) >= 11 is 0. The summed E-state index contributed by atoms with van der Waals surface area (Å²) < 4.78 is 5.13. The van der Waals surface area contributed by atoms with E-state index in [-0.39, 0.29) is 11.8 Å². The highest BCUT2D eigenvalue weighted by Crippen LogP contribution is 2.11. The van der Waals surface area contributed by atoms with Crippen molar-refractivity contribution >= 4 is 17.0 Å². The summed E-state index contributed by atoms with van der Waals surface area (Å²) in [5, 5.41) is 0. The van der Waals surface area contributed by atoms with Gasteiger partial charge in [-0.1, -0.05) is 31.9 Å². The third-order valence-corrected chi connectivity index (χ3v) is 2.56. The summed E-state index contributed by atoms with van der Waals surface area (Å²) in [5.41, 5.74) is 1.64. The SMILES string of the molecule is CCCCCOC(=O)c1nc2ccccc2[nH]1. The number of nitrogens with zero attached hydrogens (tertiary/aromatic N) is 1. The third kappa shape index (κ3) is 2.84. The van der Waals surface area contributed by atoms with Crippen LogP contribution in [-0.2, 0) is 4.74 Å². The second-order valence-corrected chi connectivity index (χ2v) is 3.95. The minimum absolute atomic E-state index is 0.280. The summed E-state index contributed by atoms with van der Waals surface area (Å²) in [5.74, 6) is -0.0972. The number of para-hydroxylation sites is 2. The van der Waals surface area contributed by atoms with Crippen LogP contribution in [0, 0.1) is 0 Å². The number of imidazole rings is 1. The number of H-pyrrole nitrogens is 1. The highest BCUT2D eigenvalue weighted by Gasteiger charge is 2.11. The Hall–Kier alpha value is -1.84. The summed E-state index contributed by atoms with van der Waals surface area (Å²) in [7, 11) is 0. The third-order valence-electron chi connectivity index (χ3n) is 2.56. The molecule has 0 aliphatic carbocycles. The average Bonchev–Trinajstić information content (AvgIpc) is 2.78. The van der Waals surface area contributed by atoms with Crippen molar-refractivity contribution in [3.05, 3.63) is 30.1 Å². The lowest BCUT2D eigenvalue weighted by atomic mass is 10.3. The predicted molar refractivity (Wildman–Crippen MR) is 65.9 cm³/mol. The van der Waals surface area contributed by atoms with E-state index in [0.29, 0.717) is 6.61 Å². The van der Waals surface area contributed by atoms with Gasteiger partial charge in [0.25, 0.3) is 0 Å². The Labute approximate surface area is 100 Å². The van der Waals surface area contributed by atoms with Crippen molar-refractivity contribution in [2.24, 2.45) is 0 Å². The monoisotopic (exact) mass is 232 g/mol. The lowest BCUT2D eigenvalue weighted by Crippen LogP contribution is -2.08. The zero-order valence-corrected chi connectivity index (χ0v) is 9.90. The van der Waals surface area contributed by atoms with Crippen LogP contribution in [0.4, 0.5) is 0 Å². The zero-order chi connectivity index (χ0) is 12.1. The number of hydrogen-bond acceptors (Lipinski definition) is 3. The maximum Gasteiger partial charge on any atom is 0.374 e. The lowest BCUT2D eigenvalue weighted by Gasteiger charge is -2.00. The fraction of sp³-hybridized carbons (Fsp3) is 0.385. The minimum atomic E-state index is -0.377. The zero-order valence-electron chi connectivity index (χ0n) is 9.90. The Morgan fingerprint density at radius 1 is 1.35 bits per heavy atom. The van der Waals surface area contributed by atoms with E-state index in [1.54, 1.807) is 0 Å². The first-order chi connectivity index (χ1) is 8.31. The number of carbonyl (C=O) groups excluding carboxylic acids is 1. The number of esters is 1. The Bertz CT molecular complexity index is 472. The van der Waals surface area contributed by atoms with Crippen LogP contribution in [0.15, 0.2) is 24.3 Å². The molecule has 1 aromatic heterocycles. The van der Waals surface area contributed by atoms with E-state index in [0.717, 1.165) is 30.3 Å². The number of benzene rings is 1. The largest absolute Gasteiger partial charge is 0.460 e. The smallest absolute Gasteiger partial charge is 0.374 e. The van der Waals surface area contributed by atoms with Crippen LogP contribution in [0.5, 0.6) is 0 Å². The molecular weight excluding hydrogens is 216 g/mol. The van der Waals surface area contributed by atoms with E-state index in [1.165, 1.54) is 0 Å². The molecule has 1 heterocycles. The molecule has 0 amide bonds. The van der Waals surface area contributed by atoms with Crippen LogP contribution < -0.4 is 0 Å².